The summed E-state index contributed by atoms with van der Waals surface area (Å²) < 4.78 is 0. The number of para-hydroxylation sites is 1. The summed E-state index contributed by atoms with van der Waals surface area (Å²) in [6.07, 6.45) is 2.32. The number of hydrogen-bond donors (Lipinski definition) is 2. The topological polar surface area (TPSA) is 56.7 Å². The number of hydrogen-bond acceptors (Lipinski definition) is 4. The number of nitrogens with zero attached hydrogens (tertiary/aromatic N) is 2. The molecule has 0 aliphatic carbocycles. The van der Waals surface area contributed by atoms with Crippen LogP contribution in [0.3, 0.4) is 0 Å². The summed E-state index contributed by atoms with van der Waals surface area (Å²) in [6.45, 7) is 1.96. The molecule has 0 aromatic heterocycles. The van der Waals surface area contributed by atoms with Crippen molar-refractivity contribution in [3.05, 3.63) is 60.2 Å². The number of amides is 1. The normalized spacial score (nSPS) is 12.0. The third-order valence-electron chi connectivity index (χ3n) is 3.64. The number of carbonyl (C=O) groups excluding carboxylic acids is 1. The van der Waals surface area contributed by atoms with Gasteiger partial charge in [0.25, 0.3) is 5.91 Å². The molecule has 1 unspecified atom stereocenters. The van der Waals surface area contributed by atoms with E-state index in [0.29, 0.717) is 6.42 Å². The number of hydrazone groups is 1. The first-order valence-electron chi connectivity index (χ1n) is 8.02. The summed E-state index contributed by atoms with van der Waals surface area (Å²) in [6, 6.07) is 17.3. The van der Waals surface area contributed by atoms with Gasteiger partial charge in [0.1, 0.15) is 6.04 Å². The Balaban J connectivity index is 1.90. The van der Waals surface area contributed by atoms with Crippen molar-refractivity contribution in [1.29, 1.82) is 0 Å². The smallest absolute Gasteiger partial charge is 0.262 e. The molecule has 5 nitrogen and oxygen atoms in total. The minimum Gasteiger partial charge on any atom is -0.378 e. The zero-order valence-electron chi connectivity index (χ0n) is 14.4. The molecule has 2 rings (SSSR count). The van der Waals surface area contributed by atoms with Gasteiger partial charge in [0.15, 0.2) is 0 Å². The molecule has 0 radical (unpaired) electrons. The Morgan fingerprint density at radius 1 is 1.12 bits per heavy atom. The fourth-order valence-corrected chi connectivity index (χ4v) is 2.20. The van der Waals surface area contributed by atoms with E-state index >= 15 is 0 Å². The summed E-state index contributed by atoms with van der Waals surface area (Å²) in [7, 11) is 3.99. The van der Waals surface area contributed by atoms with Crippen LogP contribution in [0.4, 0.5) is 11.4 Å². The molecule has 0 saturated heterocycles. The van der Waals surface area contributed by atoms with E-state index in [1.807, 2.05) is 80.5 Å². The Morgan fingerprint density at radius 3 is 2.38 bits per heavy atom. The molecule has 1 atom stereocenters. The van der Waals surface area contributed by atoms with Gasteiger partial charge in [-0.2, -0.15) is 5.10 Å². The van der Waals surface area contributed by atoms with Gasteiger partial charge < -0.3 is 10.2 Å². The minimum absolute atomic E-state index is 0.150. The monoisotopic (exact) mass is 324 g/mol. The molecule has 0 fully saturated rings. The van der Waals surface area contributed by atoms with Crippen LogP contribution in [0.2, 0.25) is 0 Å². The number of nitrogens with one attached hydrogen (secondary N) is 2. The molecule has 1 amide bonds. The average molecular weight is 324 g/mol. The highest BCUT2D eigenvalue weighted by atomic mass is 16.2. The van der Waals surface area contributed by atoms with E-state index in [2.05, 4.69) is 15.8 Å². The van der Waals surface area contributed by atoms with Crippen LogP contribution in [-0.4, -0.2) is 32.3 Å². The second-order valence-electron chi connectivity index (χ2n) is 5.69. The molecular formula is C19H24N4O. The minimum atomic E-state index is -0.319. The Morgan fingerprint density at radius 2 is 1.79 bits per heavy atom. The summed E-state index contributed by atoms with van der Waals surface area (Å²) in [5.74, 6) is -0.150. The van der Waals surface area contributed by atoms with Crippen molar-refractivity contribution in [2.24, 2.45) is 5.10 Å². The first-order valence-corrected chi connectivity index (χ1v) is 8.02. The molecule has 0 aliphatic heterocycles. The lowest BCUT2D eigenvalue weighted by Crippen LogP contribution is -2.36. The van der Waals surface area contributed by atoms with Crippen LogP contribution in [0.1, 0.15) is 18.9 Å². The van der Waals surface area contributed by atoms with Crippen molar-refractivity contribution in [2.45, 2.75) is 19.4 Å². The fourth-order valence-electron chi connectivity index (χ4n) is 2.20. The zero-order chi connectivity index (χ0) is 17.4. The van der Waals surface area contributed by atoms with Crippen molar-refractivity contribution in [3.8, 4) is 0 Å². The van der Waals surface area contributed by atoms with Crippen molar-refractivity contribution in [1.82, 2.24) is 5.43 Å². The van der Waals surface area contributed by atoms with Crippen molar-refractivity contribution < 1.29 is 4.79 Å². The van der Waals surface area contributed by atoms with Crippen molar-refractivity contribution >= 4 is 23.5 Å². The summed E-state index contributed by atoms with van der Waals surface area (Å²) >= 11 is 0. The molecule has 0 heterocycles. The van der Waals surface area contributed by atoms with Crippen LogP contribution < -0.4 is 15.6 Å². The SMILES string of the molecule is CCC(Nc1ccccc1)C(=O)NN=Cc1ccc(N(C)C)cc1. The molecule has 126 valence electrons. The first kappa shape index (κ1) is 17.5. The number of anilines is 2. The molecule has 2 N–H and O–H groups in total. The van der Waals surface area contributed by atoms with Crippen LogP contribution in [-0.2, 0) is 4.79 Å². The number of carbonyl (C=O) groups is 1. The number of benzene rings is 2. The zero-order valence-corrected chi connectivity index (χ0v) is 14.4. The van der Waals surface area contributed by atoms with Gasteiger partial charge in [0.05, 0.1) is 6.21 Å². The Bertz CT molecular complexity index is 666. The second-order valence-corrected chi connectivity index (χ2v) is 5.69. The van der Waals surface area contributed by atoms with Crippen LogP contribution in [0.5, 0.6) is 0 Å². The average Bonchev–Trinajstić information content (AvgIpc) is 2.61. The van der Waals surface area contributed by atoms with E-state index in [-0.39, 0.29) is 11.9 Å². The van der Waals surface area contributed by atoms with Crippen LogP contribution in [0.15, 0.2) is 59.7 Å². The van der Waals surface area contributed by atoms with E-state index in [1.165, 1.54) is 0 Å². The van der Waals surface area contributed by atoms with Crippen LogP contribution in [0, 0.1) is 0 Å². The lowest BCUT2D eigenvalue weighted by molar-refractivity contribution is -0.121. The Hall–Kier alpha value is -2.82. The second kappa shape index (κ2) is 8.72. The Kier molecular flexibility index (Phi) is 6.37. The van der Waals surface area contributed by atoms with Crippen molar-refractivity contribution in [2.75, 3.05) is 24.3 Å². The van der Waals surface area contributed by atoms with Gasteiger partial charge in [-0.3, -0.25) is 4.79 Å². The molecule has 2 aromatic carbocycles. The maximum atomic E-state index is 12.2. The summed E-state index contributed by atoms with van der Waals surface area (Å²) in [4.78, 5) is 14.2. The molecule has 0 spiro atoms. The Labute approximate surface area is 143 Å². The lowest BCUT2D eigenvalue weighted by atomic mass is 10.2. The molecule has 24 heavy (non-hydrogen) atoms. The molecule has 2 aromatic rings. The predicted molar refractivity (Wildman–Crippen MR) is 101 cm³/mol. The molecule has 0 saturated carbocycles. The van der Waals surface area contributed by atoms with Gasteiger partial charge in [-0.25, -0.2) is 5.43 Å². The van der Waals surface area contributed by atoms with E-state index in [4.69, 9.17) is 0 Å². The third-order valence-corrected chi connectivity index (χ3v) is 3.64. The predicted octanol–water partition coefficient (Wildman–Crippen LogP) is 3.09. The quantitative estimate of drug-likeness (QED) is 0.608. The van der Waals surface area contributed by atoms with E-state index in [9.17, 15) is 4.79 Å². The van der Waals surface area contributed by atoms with E-state index < -0.39 is 0 Å². The molecule has 5 heteroatoms. The van der Waals surface area contributed by atoms with Gasteiger partial charge in [-0.15, -0.1) is 0 Å². The van der Waals surface area contributed by atoms with Gasteiger partial charge >= 0.3 is 0 Å². The maximum absolute atomic E-state index is 12.2. The van der Waals surface area contributed by atoms with Crippen LogP contribution in [0.25, 0.3) is 0 Å². The standard InChI is InChI=1S/C19H24N4O/c1-4-18(21-16-8-6-5-7-9-16)19(24)22-20-14-15-10-12-17(13-11-15)23(2)3/h5-14,18,21H,4H2,1-3H3,(H,22,24). The largest absolute Gasteiger partial charge is 0.378 e. The third kappa shape index (κ3) is 5.12. The highest BCUT2D eigenvalue weighted by Gasteiger charge is 2.15. The molecule has 0 bridgehead atoms. The molecule has 0 aliphatic rings. The van der Waals surface area contributed by atoms with E-state index in [1.54, 1.807) is 6.21 Å². The van der Waals surface area contributed by atoms with Gasteiger partial charge in [0.2, 0.25) is 0 Å². The maximum Gasteiger partial charge on any atom is 0.262 e. The van der Waals surface area contributed by atoms with Crippen molar-refractivity contribution in [3.63, 3.8) is 0 Å². The van der Waals surface area contributed by atoms with Crippen LogP contribution >= 0.6 is 0 Å². The van der Waals surface area contributed by atoms with Gasteiger partial charge in [-0.1, -0.05) is 37.3 Å². The summed E-state index contributed by atoms with van der Waals surface area (Å²) in [5.41, 5.74) is 5.57. The highest BCUT2D eigenvalue weighted by molar-refractivity contribution is 5.86. The lowest BCUT2D eigenvalue weighted by Gasteiger charge is -2.16. The van der Waals surface area contributed by atoms with Gasteiger partial charge in [0, 0.05) is 25.5 Å². The van der Waals surface area contributed by atoms with Gasteiger partial charge in [-0.05, 0) is 36.2 Å². The van der Waals surface area contributed by atoms with E-state index in [0.717, 1.165) is 16.9 Å². The fraction of sp³-hybridized carbons (Fsp3) is 0.263. The molecular weight excluding hydrogens is 300 g/mol. The highest BCUT2D eigenvalue weighted by Crippen LogP contribution is 2.11. The number of rotatable bonds is 7. The first-order chi connectivity index (χ1) is 11.6. The summed E-state index contributed by atoms with van der Waals surface area (Å²) in [5, 5.41) is 7.25.